The van der Waals surface area contributed by atoms with Crippen LogP contribution in [0.1, 0.15) is 40.5 Å². The Morgan fingerprint density at radius 2 is 1.38 bits per heavy atom. The van der Waals surface area contributed by atoms with Crippen molar-refractivity contribution in [1.29, 1.82) is 0 Å². The first-order valence-electron chi connectivity index (χ1n) is 10.9. The van der Waals surface area contributed by atoms with Crippen LogP contribution in [0, 0.1) is 17.8 Å². The van der Waals surface area contributed by atoms with Gasteiger partial charge in [-0.2, -0.15) is 0 Å². The Bertz CT molecular complexity index is 496. The lowest BCUT2D eigenvalue weighted by molar-refractivity contribution is -0.152. The van der Waals surface area contributed by atoms with E-state index in [1.165, 1.54) is 39.0 Å². The van der Waals surface area contributed by atoms with Crippen molar-refractivity contribution < 1.29 is 4.79 Å². The fourth-order valence-electron chi connectivity index (χ4n) is 5.18. The molecule has 4 heterocycles. The van der Waals surface area contributed by atoms with Gasteiger partial charge in [0.25, 0.3) is 0 Å². The summed E-state index contributed by atoms with van der Waals surface area (Å²) in [5.74, 6) is 2.46. The van der Waals surface area contributed by atoms with Gasteiger partial charge in [-0.1, -0.05) is 13.8 Å². The van der Waals surface area contributed by atoms with Crippen LogP contribution in [0.4, 0.5) is 0 Å². The van der Waals surface area contributed by atoms with Gasteiger partial charge in [-0.05, 0) is 51.6 Å². The highest BCUT2D eigenvalue weighted by atomic mass is 16.2. The minimum absolute atomic E-state index is 0.268. The van der Waals surface area contributed by atoms with E-state index in [9.17, 15) is 4.79 Å². The first-order valence-corrected chi connectivity index (χ1v) is 10.9. The van der Waals surface area contributed by atoms with Crippen LogP contribution in [0.5, 0.6) is 0 Å². The maximum atomic E-state index is 12.5. The number of carbonyl (C=O) groups excluding carboxylic acids is 1. The number of nitrogens with zero attached hydrogens (tertiary/aromatic N) is 4. The number of piperidine rings is 1. The lowest BCUT2D eigenvalue weighted by Crippen LogP contribution is -2.71. The highest BCUT2D eigenvalue weighted by molar-refractivity contribution is 5.81. The Hall–Kier alpha value is -0.650. The molecule has 4 saturated heterocycles. The quantitative estimate of drug-likeness (QED) is 0.743. The van der Waals surface area contributed by atoms with Crippen molar-refractivity contribution in [3.05, 3.63) is 0 Å². The zero-order valence-corrected chi connectivity index (χ0v) is 17.2. The molecule has 5 heteroatoms. The predicted molar refractivity (Wildman–Crippen MR) is 105 cm³/mol. The summed E-state index contributed by atoms with van der Waals surface area (Å²) in [6.07, 6.45) is 2.77. The van der Waals surface area contributed by atoms with Gasteiger partial charge >= 0.3 is 0 Å². The molecule has 1 amide bonds. The number of hydrogen-bond acceptors (Lipinski definition) is 4. The second-order valence-corrected chi connectivity index (χ2v) is 9.87. The Kier molecular flexibility index (Phi) is 5.32. The van der Waals surface area contributed by atoms with Gasteiger partial charge in [0.05, 0.1) is 5.92 Å². The van der Waals surface area contributed by atoms with Crippen LogP contribution in [0.15, 0.2) is 0 Å². The van der Waals surface area contributed by atoms with Gasteiger partial charge in [-0.25, -0.2) is 0 Å². The Morgan fingerprint density at radius 1 is 0.808 bits per heavy atom. The molecule has 0 unspecified atom stereocenters. The van der Waals surface area contributed by atoms with E-state index in [1.807, 2.05) is 0 Å². The summed E-state index contributed by atoms with van der Waals surface area (Å²) < 4.78 is 0. The summed E-state index contributed by atoms with van der Waals surface area (Å²) >= 11 is 0. The third-order valence-corrected chi connectivity index (χ3v) is 7.60. The first-order chi connectivity index (χ1) is 12.4. The summed E-state index contributed by atoms with van der Waals surface area (Å²) in [6, 6.07) is 1.98. The molecule has 0 aromatic carbocycles. The van der Waals surface area contributed by atoms with E-state index >= 15 is 0 Å². The molecule has 4 aliphatic rings. The van der Waals surface area contributed by atoms with Gasteiger partial charge in [-0.3, -0.25) is 19.5 Å². The number of hydrogen-bond donors (Lipinski definition) is 0. The van der Waals surface area contributed by atoms with Gasteiger partial charge in [0, 0.05) is 57.4 Å². The third kappa shape index (κ3) is 3.55. The summed E-state index contributed by atoms with van der Waals surface area (Å²) in [6.45, 7) is 18.1. The molecule has 0 atom stereocenters. The number of rotatable bonds is 5. The van der Waals surface area contributed by atoms with Crippen molar-refractivity contribution in [3.8, 4) is 0 Å². The molecule has 4 fully saturated rings. The van der Waals surface area contributed by atoms with Crippen LogP contribution in [0.2, 0.25) is 0 Å². The smallest absolute Gasteiger partial charge is 0.228 e. The van der Waals surface area contributed by atoms with Crippen molar-refractivity contribution in [2.24, 2.45) is 17.8 Å². The van der Waals surface area contributed by atoms with Crippen LogP contribution >= 0.6 is 0 Å². The van der Waals surface area contributed by atoms with Crippen molar-refractivity contribution in [3.63, 3.8) is 0 Å². The summed E-state index contributed by atoms with van der Waals surface area (Å²) in [7, 11) is 0. The average Bonchev–Trinajstić information content (AvgIpc) is 2.46. The third-order valence-electron chi connectivity index (χ3n) is 7.60. The van der Waals surface area contributed by atoms with Crippen LogP contribution in [-0.4, -0.2) is 96.0 Å². The maximum Gasteiger partial charge on any atom is 0.228 e. The minimum atomic E-state index is 0.268. The first kappa shape index (κ1) is 18.7. The van der Waals surface area contributed by atoms with Gasteiger partial charge in [0.1, 0.15) is 0 Å². The Labute approximate surface area is 159 Å². The summed E-state index contributed by atoms with van der Waals surface area (Å²) in [5, 5.41) is 0. The number of amides is 1. The standard InChI is InChI=1S/C21H38N4O/c1-15(2)17-5-7-22(8-6-17)19-11-24(12-19)20-13-25(14-20)21(26)18-9-23(10-18)16(3)4/h15-20H,5-14H2,1-4H3. The topological polar surface area (TPSA) is 30.0 Å². The molecule has 0 radical (unpaired) electrons. The SMILES string of the molecule is CC(C)C1CCN(C2CN(C3CN(C(=O)C4CN(C(C)C)C4)C3)C2)CC1. The summed E-state index contributed by atoms with van der Waals surface area (Å²) in [5.41, 5.74) is 0. The van der Waals surface area contributed by atoms with Crippen LogP contribution in [0.3, 0.4) is 0 Å². The molecular weight excluding hydrogens is 324 g/mol. The number of likely N-dealkylation sites (tertiary alicyclic amines) is 4. The molecule has 0 N–H and O–H groups in total. The molecule has 4 rings (SSSR count). The van der Waals surface area contributed by atoms with Gasteiger partial charge < -0.3 is 4.90 Å². The highest BCUT2D eigenvalue weighted by Crippen LogP contribution is 2.30. The van der Waals surface area contributed by atoms with E-state index in [0.29, 0.717) is 18.0 Å². The van der Waals surface area contributed by atoms with E-state index in [4.69, 9.17) is 0 Å². The van der Waals surface area contributed by atoms with Crippen LogP contribution < -0.4 is 0 Å². The lowest BCUT2D eigenvalue weighted by atomic mass is 9.85. The highest BCUT2D eigenvalue weighted by Gasteiger charge is 2.45. The van der Waals surface area contributed by atoms with E-state index in [0.717, 1.165) is 44.1 Å². The Balaban J connectivity index is 1.13. The van der Waals surface area contributed by atoms with E-state index < -0.39 is 0 Å². The monoisotopic (exact) mass is 362 g/mol. The van der Waals surface area contributed by atoms with Crippen molar-refractivity contribution in [2.45, 2.75) is 58.7 Å². The molecule has 0 aliphatic carbocycles. The lowest BCUT2D eigenvalue weighted by Gasteiger charge is -2.56. The molecular formula is C21H38N4O. The fraction of sp³-hybridized carbons (Fsp3) is 0.952. The zero-order chi connectivity index (χ0) is 18.4. The molecule has 0 saturated carbocycles. The van der Waals surface area contributed by atoms with Crippen LogP contribution in [0.25, 0.3) is 0 Å². The maximum absolute atomic E-state index is 12.5. The minimum Gasteiger partial charge on any atom is -0.339 e. The normalized spacial score (nSPS) is 28.5. The zero-order valence-electron chi connectivity index (χ0n) is 17.2. The summed E-state index contributed by atoms with van der Waals surface area (Å²) in [4.78, 5) is 22.4. The molecule has 4 aliphatic heterocycles. The van der Waals surface area contributed by atoms with Crippen molar-refractivity contribution in [2.75, 3.05) is 52.4 Å². The molecule has 5 nitrogen and oxygen atoms in total. The molecule has 0 aromatic rings. The van der Waals surface area contributed by atoms with Gasteiger partial charge in [0.15, 0.2) is 0 Å². The van der Waals surface area contributed by atoms with Crippen LogP contribution in [-0.2, 0) is 4.79 Å². The average molecular weight is 363 g/mol. The molecule has 0 spiro atoms. The van der Waals surface area contributed by atoms with E-state index in [1.54, 1.807) is 0 Å². The predicted octanol–water partition coefficient (Wildman–Crippen LogP) is 1.59. The van der Waals surface area contributed by atoms with Crippen molar-refractivity contribution >= 4 is 5.91 Å². The van der Waals surface area contributed by atoms with Gasteiger partial charge in [-0.15, -0.1) is 0 Å². The fourth-order valence-corrected chi connectivity index (χ4v) is 5.18. The molecule has 0 aromatic heterocycles. The largest absolute Gasteiger partial charge is 0.339 e. The van der Waals surface area contributed by atoms with Gasteiger partial charge in [0.2, 0.25) is 5.91 Å². The molecule has 0 bridgehead atoms. The molecule has 26 heavy (non-hydrogen) atoms. The van der Waals surface area contributed by atoms with Crippen molar-refractivity contribution in [1.82, 2.24) is 19.6 Å². The second-order valence-electron chi connectivity index (χ2n) is 9.87. The number of carbonyl (C=O) groups is 1. The van der Waals surface area contributed by atoms with E-state index in [2.05, 4.69) is 47.3 Å². The molecule has 148 valence electrons. The second kappa shape index (κ2) is 7.40. The Morgan fingerprint density at radius 3 is 1.92 bits per heavy atom. The van der Waals surface area contributed by atoms with E-state index in [-0.39, 0.29) is 5.92 Å².